The van der Waals surface area contributed by atoms with Gasteiger partial charge >= 0.3 is 0 Å². The maximum absolute atomic E-state index is 11.9. The first kappa shape index (κ1) is 18.7. The molecule has 1 amide bonds. The molecule has 0 bridgehead atoms. The summed E-state index contributed by atoms with van der Waals surface area (Å²) in [6, 6.07) is 11.0. The molecule has 126 valence electrons. The van der Waals surface area contributed by atoms with Crippen LogP contribution >= 0.6 is 38.5 Å². The molecule has 0 saturated heterocycles. The zero-order valence-electron chi connectivity index (χ0n) is 12.9. The van der Waals surface area contributed by atoms with E-state index in [1.807, 2.05) is 53.8 Å². The first-order valence-corrected chi connectivity index (χ1v) is 9.08. The lowest BCUT2D eigenvalue weighted by Crippen LogP contribution is -2.19. The molecular weight excluding hydrogens is 487 g/mol. The molecular formula is C17H16BrIN2O3. The van der Waals surface area contributed by atoms with E-state index in [4.69, 9.17) is 4.74 Å². The third-order valence-corrected chi connectivity index (χ3v) is 4.38. The van der Waals surface area contributed by atoms with Crippen LogP contribution in [0, 0.1) is 3.57 Å². The van der Waals surface area contributed by atoms with Crippen molar-refractivity contribution in [2.45, 2.75) is 13.3 Å². The number of halogens is 2. The molecule has 7 heteroatoms. The lowest BCUT2D eigenvalue weighted by molar-refractivity contribution is -0.120. The molecule has 0 saturated carbocycles. The number of amides is 1. The van der Waals surface area contributed by atoms with E-state index in [0.29, 0.717) is 15.9 Å². The number of nitrogens with one attached hydrogen (secondary N) is 1. The molecule has 0 spiro atoms. The Hall–Kier alpha value is -1.61. The molecule has 0 heterocycles. The minimum atomic E-state index is -0.202. The molecule has 2 rings (SSSR count). The lowest BCUT2D eigenvalue weighted by atomic mass is 10.1. The van der Waals surface area contributed by atoms with Crippen LogP contribution in [0.25, 0.3) is 0 Å². The Morgan fingerprint density at radius 1 is 1.38 bits per heavy atom. The summed E-state index contributed by atoms with van der Waals surface area (Å²) in [5.74, 6) is 0.299. The number of hydrogen-bond donors (Lipinski definition) is 2. The Bertz CT molecular complexity index is 748. The van der Waals surface area contributed by atoms with E-state index in [2.05, 4.69) is 26.5 Å². The van der Waals surface area contributed by atoms with Gasteiger partial charge in [0, 0.05) is 4.47 Å². The largest absolute Gasteiger partial charge is 0.504 e. The molecule has 0 aliphatic rings. The van der Waals surface area contributed by atoms with E-state index in [-0.39, 0.29) is 18.1 Å². The Morgan fingerprint density at radius 3 is 2.75 bits per heavy atom. The summed E-state index contributed by atoms with van der Waals surface area (Å²) < 4.78 is 6.99. The number of hydrogen-bond acceptors (Lipinski definition) is 4. The normalized spacial score (nSPS) is 10.8. The standard InChI is InChI=1S/C17H16BrIN2O3/c1-2-24-15-8-12(7-14(19)17(15)23)10-20-21-16(22)9-11-3-5-13(18)6-4-11/h3-8,10,23H,2,9H2,1H3,(H,21,22)/b20-10+. The summed E-state index contributed by atoms with van der Waals surface area (Å²) in [7, 11) is 0. The van der Waals surface area contributed by atoms with Gasteiger partial charge in [-0.3, -0.25) is 4.79 Å². The van der Waals surface area contributed by atoms with Crippen LogP contribution in [-0.4, -0.2) is 23.8 Å². The fourth-order valence-electron chi connectivity index (χ4n) is 1.94. The fraction of sp³-hybridized carbons (Fsp3) is 0.176. The summed E-state index contributed by atoms with van der Waals surface area (Å²) in [4.78, 5) is 11.9. The van der Waals surface area contributed by atoms with Crippen LogP contribution in [-0.2, 0) is 11.2 Å². The molecule has 24 heavy (non-hydrogen) atoms. The van der Waals surface area contributed by atoms with Crippen molar-refractivity contribution >= 4 is 50.6 Å². The second-order valence-electron chi connectivity index (χ2n) is 4.88. The number of aromatic hydroxyl groups is 1. The van der Waals surface area contributed by atoms with E-state index < -0.39 is 0 Å². The number of hydrazone groups is 1. The molecule has 0 aliphatic heterocycles. The van der Waals surface area contributed by atoms with Gasteiger partial charge in [0.05, 0.1) is 22.8 Å². The van der Waals surface area contributed by atoms with Crippen LogP contribution in [0.2, 0.25) is 0 Å². The maximum atomic E-state index is 11.9. The average molecular weight is 503 g/mol. The summed E-state index contributed by atoms with van der Waals surface area (Å²) >= 11 is 5.37. The summed E-state index contributed by atoms with van der Waals surface area (Å²) in [5.41, 5.74) is 4.13. The van der Waals surface area contributed by atoms with Crippen molar-refractivity contribution in [3.05, 3.63) is 55.6 Å². The number of carbonyl (C=O) groups excluding carboxylic acids is 1. The summed E-state index contributed by atoms with van der Waals surface area (Å²) in [6.45, 7) is 2.30. The molecule has 2 N–H and O–H groups in total. The SMILES string of the molecule is CCOc1cc(/C=N/NC(=O)Cc2ccc(Br)cc2)cc(I)c1O. The van der Waals surface area contributed by atoms with Crippen LogP contribution in [0.4, 0.5) is 0 Å². The first-order valence-electron chi connectivity index (χ1n) is 7.21. The summed E-state index contributed by atoms with van der Waals surface area (Å²) in [6.07, 6.45) is 1.77. The van der Waals surface area contributed by atoms with Gasteiger partial charge in [-0.05, 0) is 64.9 Å². The zero-order valence-corrected chi connectivity index (χ0v) is 16.7. The molecule has 5 nitrogen and oxygen atoms in total. The van der Waals surface area contributed by atoms with Crippen LogP contribution in [0.3, 0.4) is 0 Å². The number of benzene rings is 2. The molecule has 2 aromatic carbocycles. The highest BCUT2D eigenvalue weighted by Crippen LogP contribution is 2.32. The Morgan fingerprint density at radius 2 is 2.08 bits per heavy atom. The van der Waals surface area contributed by atoms with Crippen molar-refractivity contribution in [3.8, 4) is 11.5 Å². The van der Waals surface area contributed by atoms with Crippen LogP contribution in [0.5, 0.6) is 11.5 Å². The minimum Gasteiger partial charge on any atom is -0.504 e. The average Bonchev–Trinajstić information content (AvgIpc) is 2.54. The fourth-order valence-corrected chi connectivity index (χ4v) is 2.83. The van der Waals surface area contributed by atoms with Crippen molar-refractivity contribution in [3.63, 3.8) is 0 Å². The molecule has 2 aromatic rings. The number of rotatable bonds is 6. The second kappa shape index (κ2) is 9.03. The van der Waals surface area contributed by atoms with Crippen molar-refractivity contribution in [1.82, 2.24) is 5.43 Å². The summed E-state index contributed by atoms with van der Waals surface area (Å²) in [5, 5.41) is 13.9. The minimum absolute atomic E-state index is 0.105. The van der Waals surface area contributed by atoms with Gasteiger partial charge in [-0.15, -0.1) is 0 Å². The van der Waals surface area contributed by atoms with Crippen molar-refractivity contribution in [2.24, 2.45) is 5.10 Å². The van der Waals surface area contributed by atoms with Gasteiger partial charge in [-0.2, -0.15) is 5.10 Å². The van der Waals surface area contributed by atoms with Crippen LogP contribution in [0.1, 0.15) is 18.1 Å². The quantitative estimate of drug-likeness (QED) is 0.358. The molecule has 0 radical (unpaired) electrons. The van der Waals surface area contributed by atoms with E-state index in [1.54, 1.807) is 12.1 Å². The molecule has 0 fully saturated rings. The number of phenolic OH excluding ortho intramolecular Hbond substituents is 1. The molecule has 0 aliphatic carbocycles. The van der Waals surface area contributed by atoms with Gasteiger partial charge in [0.25, 0.3) is 0 Å². The Labute approximate surface area is 162 Å². The Kier molecular flexibility index (Phi) is 7.04. The lowest BCUT2D eigenvalue weighted by Gasteiger charge is -2.08. The van der Waals surface area contributed by atoms with Gasteiger partial charge in [0.2, 0.25) is 5.91 Å². The van der Waals surface area contributed by atoms with Gasteiger partial charge in [-0.25, -0.2) is 5.43 Å². The van der Waals surface area contributed by atoms with Crippen LogP contribution in [0.15, 0.2) is 46.0 Å². The van der Waals surface area contributed by atoms with Crippen LogP contribution < -0.4 is 10.2 Å². The highest BCUT2D eigenvalue weighted by atomic mass is 127. The second-order valence-corrected chi connectivity index (χ2v) is 6.96. The maximum Gasteiger partial charge on any atom is 0.244 e. The molecule has 0 unspecified atom stereocenters. The predicted octanol–water partition coefficient (Wildman–Crippen LogP) is 3.85. The molecule has 0 aromatic heterocycles. The highest BCUT2D eigenvalue weighted by molar-refractivity contribution is 14.1. The highest BCUT2D eigenvalue weighted by Gasteiger charge is 2.08. The number of nitrogens with zero attached hydrogens (tertiary/aromatic N) is 1. The van der Waals surface area contributed by atoms with E-state index in [0.717, 1.165) is 15.6 Å². The zero-order chi connectivity index (χ0) is 17.5. The monoisotopic (exact) mass is 502 g/mol. The topological polar surface area (TPSA) is 70.9 Å². The predicted molar refractivity (Wildman–Crippen MR) is 106 cm³/mol. The smallest absolute Gasteiger partial charge is 0.244 e. The first-order chi connectivity index (χ1) is 11.5. The van der Waals surface area contributed by atoms with Crippen molar-refractivity contribution in [2.75, 3.05) is 6.61 Å². The van der Waals surface area contributed by atoms with E-state index in [1.165, 1.54) is 6.21 Å². The van der Waals surface area contributed by atoms with Crippen molar-refractivity contribution in [1.29, 1.82) is 0 Å². The van der Waals surface area contributed by atoms with Crippen molar-refractivity contribution < 1.29 is 14.6 Å². The van der Waals surface area contributed by atoms with Gasteiger partial charge in [0.1, 0.15) is 0 Å². The number of phenols is 1. The third kappa shape index (κ3) is 5.48. The van der Waals surface area contributed by atoms with Gasteiger partial charge < -0.3 is 9.84 Å². The molecule has 0 atom stereocenters. The number of ether oxygens (including phenoxy) is 1. The van der Waals surface area contributed by atoms with E-state index in [9.17, 15) is 9.90 Å². The van der Waals surface area contributed by atoms with Gasteiger partial charge in [0.15, 0.2) is 11.5 Å². The number of carbonyl (C=O) groups is 1. The van der Waals surface area contributed by atoms with E-state index >= 15 is 0 Å². The van der Waals surface area contributed by atoms with Gasteiger partial charge in [-0.1, -0.05) is 28.1 Å². The Balaban J connectivity index is 1.98. The third-order valence-electron chi connectivity index (χ3n) is 3.03.